The van der Waals surface area contributed by atoms with E-state index in [9.17, 15) is 28.8 Å². The molecule has 7 atom stereocenters. The Morgan fingerprint density at radius 2 is 1.49 bits per heavy atom. The van der Waals surface area contributed by atoms with E-state index in [4.69, 9.17) is 11.5 Å². The first-order valence-corrected chi connectivity index (χ1v) is 19.2. The number of hydrogen-bond donors (Lipinski definition) is 8. The third-order valence-corrected chi connectivity index (χ3v) is 10.7. The van der Waals surface area contributed by atoms with Crippen LogP contribution in [0.15, 0.2) is 30.5 Å². The first-order chi connectivity index (χ1) is 24.4. The highest BCUT2D eigenvalue weighted by atomic mass is 32.2. The molecule has 0 aliphatic carbocycles. The van der Waals surface area contributed by atoms with Gasteiger partial charge in [0.05, 0.1) is 6.42 Å². The number of benzene rings is 1. The Hall–Kier alpha value is -4.11. The minimum atomic E-state index is -1.27. The normalized spacial score (nSPS) is 24.7. The summed E-state index contributed by atoms with van der Waals surface area (Å²) in [6.45, 7) is 7.77. The van der Waals surface area contributed by atoms with Crippen molar-refractivity contribution in [1.82, 2.24) is 31.6 Å². The highest BCUT2D eigenvalue weighted by Crippen LogP contribution is 2.20. The lowest BCUT2D eigenvalue weighted by Crippen LogP contribution is -2.61. The molecule has 0 saturated carbocycles. The zero-order valence-electron chi connectivity index (χ0n) is 30.2. The van der Waals surface area contributed by atoms with Crippen LogP contribution in [-0.2, 0) is 35.2 Å². The number of H-pyrrole nitrogens is 1. The molecule has 3 rings (SSSR count). The lowest BCUT2D eigenvalue weighted by molar-refractivity contribution is -0.136. The largest absolute Gasteiger partial charge is 0.370 e. The van der Waals surface area contributed by atoms with Gasteiger partial charge in [0.15, 0.2) is 0 Å². The fraction of sp³-hybridized carbons (Fsp3) is 0.611. The predicted molar refractivity (Wildman–Crippen MR) is 199 cm³/mol. The van der Waals surface area contributed by atoms with Crippen molar-refractivity contribution in [3.8, 4) is 0 Å². The second-order valence-corrected chi connectivity index (χ2v) is 14.6. The van der Waals surface area contributed by atoms with Gasteiger partial charge in [-0.05, 0) is 55.0 Å². The van der Waals surface area contributed by atoms with Gasteiger partial charge in [0.25, 0.3) is 0 Å². The molecule has 1 fully saturated rings. The van der Waals surface area contributed by atoms with Crippen LogP contribution in [0.3, 0.4) is 0 Å². The average Bonchev–Trinajstić information content (AvgIpc) is 3.51. The quantitative estimate of drug-likeness (QED) is 0.168. The number of fused-ring (bicyclic) bond motifs is 1. The summed E-state index contributed by atoms with van der Waals surface area (Å²) in [4.78, 5) is 83.8. The van der Waals surface area contributed by atoms with Crippen molar-refractivity contribution in [1.29, 1.82) is 0 Å². The molecule has 51 heavy (non-hydrogen) atoms. The SMILES string of the molecule is CC[C@@H](C)C1NC(=O)[C@H]([C@@H](C)CC)NC(=O)[C@@H](Cc2c[nH]c3ccccc23)NC(=O)CCCSC[C@@H](CCCN)NC(=O)[C@H](CC(N)=O)NC1=O. The molecule has 15 heteroatoms. The van der Waals surface area contributed by atoms with Gasteiger partial charge in [0, 0.05) is 41.7 Å². The Labute approximate surface area is 304 Å². The summed E-state index contributed by atoms with van der Waals surface area (Å²) in [6, 6.07) is 2.98. The Bertz CT molecular complexity index is 1500. The van der Waals surface area contributed by atoms with Gasteiger partial charge in [0.1, 0.15) is 24.2 Å². The number of carbonyl (C=O) groups is 6. The van der Waals surface area contributed by atoms with E-state index in [2.05, 4.69) is 31.6 Å². The molecule has 282 valence electrons. The second kappa shape index (κ2) is 20.7. The molecule has 2 aromatic rings. The van der Waals surface area contributed by atoms with Crippen molar-refractivity contribution >= 4 is 58.1 Å². The standard InChI is InChI=1S/C36H56N8O6S/c1-5-21(3)31-35(49)42-28(18-29(38)45)33(47)40-24(11-9-15-37)20-51-16-10-14-30(46)41-27(17-23-19-39-26-13-8-7-12-25(23)26)34(48)43-32(22(4)6-2)36(50)44-31/h7-8,12-13,19,21-22,24,27-28,31-32,39H,5-6,9-11,14-18,20,37H2,1-4H3,(H2,38,45)(H,40,47)(H,41,46)(H,42,49)(H,43,48)(H,44,50)/t21-,22+,24-,27-,28+,31?,32+/m1/s1. The van der Waals surface area contributed by atoms with Crippen LogP contribution in [0.4, 0.5) is 0 Å². The fourth-order valence-electron chi connectivity index (χ4n) is 5.99. The van der Waals surface area contributed by atoms with Gasteiger partial charge in [-0.3, -0.25) is 28.8 Å². The van der Waals surface area contributed by atoms with Gasteiger partial charge < -0.3 is 43.0 Å². The van der Waals surface area contributed by atoms with E-state index in [0.717, 1.165) is 16.5 Å². The van der Waals surface area contributed by atoms with E-state index >= 15 is 0 Å². The molecule has 1 aromatic carbocycles. The van der Waals surface area contributed by atoms with Crippen LogP contribution in [-0.4, -0.2) is 88.7 Å². The number of primary amides is 1. The highest BCUT2D eigenvalue weighted by molar-refractivity contribution is 7.99. The second-order valence-electron chi connectivity index (χ2n) is 13.5. The average molecular weight is 729 g/mol. The van der Waals surface area contributed by atoms with Crippen molar-refractivity contribution < 1.29 is 28.8 Å². The molecule has 1 aliphatic heterocycles. The van der Waals surface area contributed by atoms with Crippen molar-refractivity contribution in [2.24, 2.45) is 23.3 Å². The number of aromatic nitrogens is 1. The molecule has 0 spiro atoms. The summed E-state index contributed by atoms with van der Waals surface area (Å²) in [5.74, 6) is -3.00. The van der Waals surface area contributed by atoms with Gasteiger partial charge in [-0.15, -0.1) is 0 Å². The van der Waals surface area contributed by atoms with E-state index in [0.29, 0.717) is 50.2 Å². The zero-order valence-corrected chi connectivity index (χ0v) is 31.0. The minimum Gasteiger partial charge on any atom is -0.370 e. The molecule has 1 aromatic heterocycles. The summed E-state index contributed by atoms with van der Waals surface area (Å²) in [5, 5.41) is 15.1. The molecule has 0 radical (unpaired) electrons. The number of nitrogens with one attached hydrogen (secondary N) is 6. The Morgan fingerprint density at radius 3 is 2.14 bits per heavy atom. The van der Waals surface area contributed by atoms with Gasteiger partial charge >= 0.3 is 0 Å². The third kappa shape index (κ3) is 12.6. The number of aromatic amines is 1. The molecule has 1 unspecified atom stereocenters. The Kier molecular flexibility index (Phi) is 16.7. The third-order valence-electron chi connectivity index (χ3n) is 9.49. The summed E-state index contributed by atoms with van der Waals surface area (Å²) in [5.41, 5.74) is 13.0. The van der Waals surface area contributed by atoms with Gasteiger partial charge in [-0.1, -0.05) is 58.7 Å². The maximum absolute atomic E-state index is 14.0. The number of hydrogen-bond acceptors (Lipinski definition) is 8. The lowest BCUT2D eigenvalue weighted by atomic mass is 9.94. The summed E-state index contributed by atoms with van der Waals surface area (Å²) in [6.07, 6.45) is 4.50. The number of thioether (sulfide) groups is 1. The van der Waals surface area contributed by atoms with Crippen LogP contribution in [0.2, 0.25) is 0 Å². The molecular formula is C36H56N8O6S. The van der Waals surface area contributed by atoms with E-state index < -0.39 is 60.1 Å². The number of nitrogens with two attached hydrogens (primary N) is 2. The molecule has 10 N–H and O–H groups in total. The maximum Gasteiger partial charge on any atom is 0.243 e. The molecule has 6 amide bonds. The van der Waals surface area contributed by atoms with Crippen molar-refractivity contribution in [3.63, 3.8) is 0 Å². The summed E-state index contributed by atoms with van der Waals surface area (Å²) < 4.78 is 0. The van der Waals surface area contributed by atoms with Gasteiger partial charge in [0.2, 0.25) is 35.4 Å². The first kappa shape index (κ1) is 41.3. The van der Waals surface area contributed by atoms with E-state index in [-0.39, 0.29) is 36.6 Å². The maximum atomic E-state index is 14.0. The predicted octanol–water partition coefficient (Wildman–Crippen LogP) is 1.37. The van der Waals surface area contributed by atoms with Crippen molar-refractivity contribution in [2.45, 2.75) is 109 Å². The van der Waals surface area contributed by atoms with Crippen molar-refractivity contribution in [2.75, 3.05) is 18.1 Å². The first-order valence-electron chi connectivity index (χ1n) is 18.0. The van der Waals surface area contributed by atoms with E-state index in [1.165, 1.54) is 0 Å². The van der Waals surface area contributed by atoms with Crippen LogP contribution in [0, 0.1) is 11.8 Å². The zero-order chi connectivity index (χ0) is 37.5. The minimum absolute atomic E-state index is 0.170. The van der Waals surface area contributed by atoms with Crippen LogP contribution in [0.25, 0.3) is 10.9 Å². The topological polar surface area (TPSA) is 230 Å². The van der Waals surface area contributed by atoms with E-state index in [1.54, 1.807) is 18.7 Å². The fourth-order valence-corrected chi connectivity index (χ4v) is 7.04. The molecule has 2 heterocycles. The van der Waals surface area contributed by atoms with Crippen LogP contribution < -0.4 is 38.1 Å². The molecule has 0 bridgehead atoms. The van der Waals surface area contributed by atoms with Crippen LogP contribution >= 0.6 is 11.8 Å². The summed E-state index contributed by atoms with van der Waals surface area (Å²) >= 11 is 1.56. The number of carbonyl (C=O) groups excluding carboxylic acids is 6. The van der Waals surface area contributed by atoms with Gasteiger partial charge in [-0.2, -0.15) is 11.8 Å². The number of rotatable bonds is 11. The lowest BCUT2D eigenvalue weighted by Gasteiger charge is -2.31. The Morgan fingerprint density at radius 1 is 0.863 bits per heavy atom. The van der Waals surface area contributed by atoms with Crippen LogP contribution in [0.1, 0.15) is 78.2 Å². The molecule has 1 saturated heterocycles. The summed E-state index contributed by atoms with van der Waals surface area (Å²) in [7, 11) is 0. The number of para-hydroxylation sites is 1. The molecule has 14 nitrogen and oxygen atoms in total. The highest BCUT2D eigenvalue weighted by Gasteiger charge is 2.36. The smallest absolute Gasteiger partial charge is 0.243 e. The Balaban J connectivity index is 1.98. The van der Waals surface area contributed by atoms with Crippen LogP contribution in [0.5, 0.6) is 0 Å². The molecular weight excluding hydrogens is 673 g/mol. The monoisotopic (exact) mass is 728 g/mol. The molecule has 1 aliphatic rings. The van der Waals surface area contributed by atoms with Gasteiger partial charge in [-0.25, -0.2) is 0 Å². The van der Waals surface area contributed by atoms with E-state index in [1.807, 2.05) is 51.2 Å². The number of amides is 6. The van der Waals surface area contributed by atoms with Crippen molar-refractivity contribution in [3.05, 3.63) is 36.0 Å².